The number of anilines is 1. The molecule has 0 aliphatic carbocycles. The van der Waals surface area contributed by atoms with Gasteiger partial charge in [0.1, 0.15) is 5.82 Å². The molecule has 0 bridgehead atoms. The second-order valence-electron chi connectivity index (χ2n) is 3.74. The summed E-state index contributed by atoms with van der Waals surface area (Å²) in [5.74, 6) is 0.424. The summed E-state index contributed by atoms with van der Waals surface area (Å²) in [6.07, 6.45) is -4.33. The van der Waals surface area contributed by atoms with Crippen molar-refractivity contribution in [3.8, 4) is 5.69 Å². The van der Waals surface area contributed by atoms with E-state index in [4.69, 9.17) is 5.73 Å². The smallest absolute Gasteiger partial charge is 0.383 e. The second-order valence-corrected chi connectivity index (χ2v) is 4.82. The fourth-order valence-electron chi connectivity index (χ4n) is 1.51. The molecule has 2 N–H and O–H groups in total. The largest absolute Gasteiger partial charge is 0.416 e. The van der Waals surface area contributed by atoms with E-state index in [-0.39, 0.29) is 0 Å². The number of nitrogens with two attached hydrogens (primary N) is 1. The van der Waals surface area contributed by atoms with E-state index in [1.54, 1.807) is 6.92 Å². The van der Waals surface area contributed by atoms with Crippen LogP contribution in [0.1, 0.15) is 11.3 Å². The molecule has 2 aromatic rings. The van der Waals surface area contributed by atoms with Gasteiger partial charge in [-0.3, -0.25) is 0 Å². The molecule has 1 aromatic carbocycles. The number of hydrogen-bond acceptors (Lipinski definition) is 2. The lowest BCUT2D eigenvalue weighted by Crippen LogP contribution is -2.06. The molecule has 2 rings (SSSR count). The molecule has 0 aliphatic heterocycles. The van der Waals surface area contributed by atoms with E-state index < -0.39 is 11.7 Å². The van der Waals surface area contributed by atoms with Crippen LogP contribution in [0.3, 0.4) is 0 Å². The lowest BCUT2D eigenvalue weighted by molar-refractivity contribution is -0.137. The number of benzene rings is 1. The first kappa shape index (κ1) is 13.2. The van der Waals surface area contributed by atoms with Crippen LogP contribution in [0.15, 0.2) is 24.3 Å². The third-order valence-corrected chi connectivity index (χ3v) is 3.79. The summed E-state index contributed by atoms with van der Waals surface area (Å²) in [7, 11) is 0. The highest BCUT2D eigenvalue weighted by Gasteiger charge is 2.30. The molecule has 0 spiro atoms. The van der Waals surface area contributed by atoms with Crippen LogP contribution in [0.4, 0.5) is 19.0 Å². The minimum absolute atomic E-state index is 0.424. The van der Waals surface area contributed by atoms with Gasteiger partial charge in [0, 0.05) is 0 Å². The van der Waals surface area contributed by atoms with Gasteiger partial charge in [0.2, 0.25) is 0 Å². The fraction of sp³-hybridized carbons (Fsp3) is 0.182. The Morgan fingerprint density at radius 3 is 2.17 bits per heavy atom. The first-order valence-electron chi connectivity index (χ1n) is 4.99. The molecule has 0 saturated carbocycles. The molecule has 7 heteroatoms. The van der Waals surface area contributed by atoms with Crippen molar-refractivity contribution in [2.75, 3.05) is 5.73 Å². The quantitative estimate of drug-likeness (QED) is 0.786. The van der Waals surface area contributed by atoms with Crippen molar-refractivity contribution in [3.63, 3.8) is 0 Å². The molecule has 0 fully saturated rings. The molecule has 0 atom stereocenters. The van der Waals surface area contributed by atoms with Crippen LogP contribution in [0, 0.1) is 10.5 Å². The number of aryl methyl sites for hydroxylation is 1. The van der Waals surface area contributed by atoms with Crippen LogP contribution in [-0.2, 0) is 6.18 Å². The van der Waals surface area contributed by atoms with Crippen LogP contribution in [0.2, 0.25) is 0 Å². The van der Waals surface area contributed by atoms with Crippen molar-refractivity contribution in [2.45, 2.75) is 13.1 Å². The molecular weight excluding hydrogens is 358 g/mol. The fourth-order valence-corrected chi connectivity index (χ4v) is 1.85. The second kappa shape index (κ2) is 4.45. The highest BCUT2D eigenvalue weighted by Crippen LogP contribution is 2.30. The summed E-state index contributed by atoms with van der Waals surface area (Å²) in [6, 6.07) is 4.72. The number of alkyl halides is 3. The predicted octanol–water partition coefficient (Wildman–Crippen LogP) is 3.39. The third kappa shape index (κ3) is 2.31. The molecule has 0 aliphatic rings. The normalized spacial score (nSPS) is 11.8. The van der Waals surface area contributed by atoms with Crippen molar-refractivity contribution < 1.29 is 13.2 Å². The van der Waals surface area contributed by atoms with Gasteiger partial charge in [0.05, 0.1) is 20.5 Å². The van der Waals surface area contributed by atoms with Crippen LogP contribution in [-0.4, -0.2) is 9.78 Å². The minimum Gasteiger partial charge on any atom is -0.383 e. The predicted molar refractivity (Wildman–Crippen MR) is 70.4 cm³/mol. The van der Waals surface area contributed by atoms with Gasteiger partial charge in [0.15, 0.2) is 0 Å². The Hall–Kier alpha value is -1.25. The Bertz CT molecular complexity index is 572. The van der Waals surface area contributed by atoms with E-state index in [2.05, 4.69) is 5.10 Å². The minimum atomic E-state index is -4.33. The van der Waals surface area contributed by atoms with Gasteiger partial charge in [-0.1, -0.05) is 0 Å². The average molecular weight is 367 g/mol. The number of rotatable bonds is 1. The molecule has 1 heterocycles. The molecule has 0 unspecified atom stereocenters. The SMILES string of the molecule is Cc1nn(-c2ccc(C(F)(F)F)cc2)c(N)c1I. The average Bonchev–Trinajstić information content (AvgIpc) is 2.56. The Morgan fingerprint density at radius 1 is 1.22 bits per heavy atom. The first-order chi connectivity index (χ1) is 8.30. The summed E-state index contributed by atoms with van der Waals surface area (Å²) in [5, 5.41) is 4.17. The Morgan fingerprint density at radius 2 is 1.78 bits per heavy atom. The molecule has 18 heavy (non-hydrogen) atoms. The van der Waals surface area contributed by atoms with Gasteiger partial charge < -0.3 is 5.73 Å². The number of nitrogen functional groups attached to an aromatic ring is 1. The van der Waals surface area contributed by atoms with Gasteiger partial charge in [-0.15, -0.1) is 0 Å². The van der Waals surface area contributed by atoms with E-state index in [9.17, 15) is 13.2 Å². The van der Waals surface area contributed by atoms with Gasteiger partial charge in [-0.05, 0) is 53.8 Å². The number of nitrogens with zero attached hydrogens (tertiary/aromatic N) is 2. The van der Waals surface area contributed by atoms with Gasteiger partial charge in [-0.2, -0.15) is 18.3 Å². The third-order valence-electron chi connectivity index (χ3n) is 2.46. The number of hydrogen-bond donors (Lipinski definition) is 1. The van der Waals surface area contributed by atoms with E-state index in [1.165, 1.54) is 16.8 Å². The molecule has 96 valence electrons. The molecular formula is C11H9F3IN3. The van der Waals surface area contributed by atoms with Crippen molar-refractivity contribution in [1.29, 1.82) is 0 Å². The lowest BCUT2D eigenvalue weighted by Gasteiger charge is -2.08. The van der Waals surface area contributed by atoms with Crippen molar-refractivity contribution in [1.82, 2.24) is 9.78 Å². The van der Waals surface area contributed by atoms with Gasteiger partial charge >= 0.3 is 6.18 Å². The summed E-state index contributed by atoms with van der Waals surface area (Å²) in [4.78, 5) is 0. The summed E-state index contributed by atoms with van der Waals surface area (Å²) in [6.45, 7) is 1.79. The monoisotopic (exact) mass is 367 g/mol. The summed E-state index contributed by atoms with van der Waals surface area (Å²) in [5.41, 5.74) is 6.39. The summed E-state index contributed by atoms with van der Waals surface area (Å²) >= 11 is 2.05. The maximum absolute atomic E-state index is 12.4. The van der Waals surface area contributed by atoms with Crippen LogP contribution >= 0.6 is 22.6 Å². The van der Waals surface area contributed by atoms with E-state index in [0.29, 0.717) is 11.5 Å². The van der Waals surface area contributed by atoms with Gasteiger partial charge in [-0.25, -0.2) is 4.68 Å². The zero-order chi connectivity index (χ0) is 13.5. The first-order valence-corrected chi connectivity index (χ1v) is 6.07. The standard InChI is InChI=1S/C11H9F3IN3/c1-6-9(15)10(16)18(17-6)8-4-2-7(3-5-8)11(12,13)14/h2-5H,16H2,1H3. The lowest BCUT2D eigenvalue weighted by atomic mass is 10.2. The van der Waals surface area contributed by atoms with Gasteiger partial charge in [0.25, 0.3) is 0 Å². The van der Waals surface area contributed by atoms with Crippen LogP contribution < -0.4 is 5.73 Å². The zero-order valence-corrected chi connectivity index (χ0v) is 11.5. The van der Waals surface area contributed by atoms with Crippen molar-refractivity contribution >= 4 is 28.4 Å². The van der Waals surface area contributed by atoms with E-state index in [0.717, 1.165) is 21.4 Å². The topological polar surface area (TPSA) is 43.8 Å². The molecule has 0 saturated heterocycles. The van der Waals surface area contributed by atoms with E-state index >= 15 is 0 Å². The molecule has 0 radical (unpaired) electrons. The number of aromatic nitrogens is 2. The molecule has 0 amide bonds. The van der Waals surface area contributed by atoms with Crippen molar-refractivity contribution in [3.05, 3.63) is 39.1 Å². The van der Waals surface area contributed by atoms with Crippen LogP contribution in [0.25, 0.3) is 5.69 Å². The van der Waals surface area contributed by atoms with E-state index in [1.807, 2.05) is 22.6 Å². The maximum Gasteiger partial charge on any atom is 0.416 e. The zero-order valence-electron chi connectivity index (χ0n) is 9.29. The number of halogens is 4. The van der Waals surface area contributed by atoms with Crippen LogP contribution in [0.5, 0.6) is 0 Å². The van der Waals surface area contributed by atoms with Crippen molar-refractivity contribution in [2.24, 2.45) is 0 Å². The highest BCUT2D eigenvalue weighted by atomic mass is 127. The Balaban J connectivity index is 2.44. The maximum atomic E-state index is 12.4. The molecule has 3 nitrogen and oxygen atoms in total. The highest BCUT2D eigenvalue weighted by molar-refractivity contribution is 14.1. The molecule has 1 aromatic heterocycles. The summed E-state index contributed by atoms with van der Waals surface area (Å²) < 4.78 is 39.5. The Labute approximate surface area is 115 Å². The Kier molecular flexibility index (Phi) is 3.26.